The number of hydrogen-bond acceptors (Lipinski definition) is 4. The van der Waals surface area contributed by atoms with Crippen molar-refractivity contribution in [2.45, 2.75) is 46.0 Å². The summed E-state index contributed by atoms with van der Waals surface area (Å²) in [6.07, 6.45) is 7.66. The van der Waals surface area contributed by atoms with Crippen LogP contribution in [-0.4, -0.2) is 30.5 Å². The molecule has 3 rings (SSSR count). The number of carbonyl (C=O) groups is 1. The van der Waals surface area contributed by atoms with Crippen molar-refractivity contribution >= 4 is 23.1 Å². The Morgan fingerprint density at radius 1 is 1.14 bits per heavy atom. The lowest BCUT2D eigenvalue weighted by atomic mass is 9.99. The molecule has 2 aromatic rings. The zero-order valence-corrected chi connectivity index (χ0v) is 17.1. The van der Waals surface area contributed by atoms with Crippen molar-refractivity contribution in [3.63, 3.8) is 0 Å². The monoisotopic (exact) mass is 380 g/mol. The molecule has 1 saturated heterocycles. The molecule has 1 aromatic heterocycles. The van der Waals surface area contributed by atoms with Crippen molar-refractivity contribution in [3.8, 4) is 0 Å². The lowest BCUT2D eigenvalue weighted by Crippen LogP contribution is -2.32. The fourth-order valence-corrected chi connectivity index (χ4v) is 3.49. The van der Waals surface area contributed by atoms with Crippen LogP contribution >= 0.6 is 0 Å². The average Bonchev–Trinajstić information content (AvgIpc) is 2.73. The number of amides is 1. The van der Waals surface area contributed by atoms with Crippen molar-refractivity contribution in [2.75, 3.05) is 35.2 Å². The van der Waals surface area contributed by atoms with E-state index in [4.69, 9.17) is 0 Å². The Labute approximate surface area is 168 Å². The highest BCUT2D eigenvalue weighted by atomic mass is 16.1. The second-order valence-corrected chi connectivity index (χ2v) is 7.73. The Kier molecular flexibility index (Phi) is 7.29. The van der Waals surface area contributed by atoms with Crippen molar-refractivity contribution in [1.29, 1.82) is 0 Å². The molecular weight excluding hydrogens is 348 g/mol. The molecule has 0 atom stereocenters. The van der Waals surface area contributed by atoms with E-state index in [2.05, 4.69) is 46.5 Å². The van der Waals surface area contributed by atoms with Crippen LogP contribution in [0.2, 0.25) is 0 Å². The predicted molar refractivity (Wildman–Crippen MR) is 117 cm³/mol. The van der Waals surface area contributed by atoms with Gasteiger partial charge in [0.1, 0.15) is 5.82 Å². The van der Waals surface area contributed by atoms with Crippen LogP contribution in [0.15, 0.2) is 42.6 Å². The van der Waals surface area contributed by atoms with E-state index in [0.717, 1.165) is 43.5 Å². The van der Waals surface area contributed by atoms with Gasteiger partial charge in [-0.15, -0.1) is 0 Å². The van der Waals surface area contributed by atoms with Crippen LogP contribution in [0.5, 0.6) is 0 Å². The van der Waals surface area contributed by atoms with Crippen molar-refractivity contribution in [2.24, 2.45) is 5.92 Å². The molecule has 1 fully saturated rings. The summed E-state index contributed by atoms with van der Waals surface area (Å²) in [7, 11) is 0. The molecule has 0 spiro atoms. The number of nitrogens with one attached hydrogen (secondary N) is 2. The summed E-state index contributed by atoms with van der Waals surface area (Å²) >= 11 is 0. The smallest absolute Gasteiger partial charge is 0.255 e. The molecule has 0 aliphatic carbocycles. The molecule has 0 bridgehead atoms. The number of aromatic nitrogens is 1. The predicted octanol–water partition coefficient (Wildman–Crippen LogP) is 5.17. The number of hydrogen-bond donors (Lipinski definition) is 2. The normalized spacial score (nSPS) is 14.7. The lowest BCUT2D eigenvalue weighted by Gasteiger charge is -2.32. The van der Waals surface area contributed by atoms with Gasteiger partial charge in [0, 0.05) is 42.8 Å². The standard InChI is InChI=1S/C23H32N4O/c1-3-4-5-13-24-22-17-19(10-14-25-22)23(28)26-20-6-8-21(9-7-20)27-15-11-18(2)12-16-27/h6-10,14,17-18H,3-5,11-13,15-16H2,1-2H3,(H,24,25)(H,26,28). The van der Waals surface area contributed by atoms with Gasteiger partial charge in [-0.3, -0.25) is 4.79 Å². The van der Waals surface area contributed by atoms with Crippen LogP contribution in [0.4, 0.5) is 17.2 Å². The summed E-state index contributed by atoms with van der Waals surface area (Å²) in [6.45, 7) is 7.60. The topological polar surface area (TPSA) is 57.3 Å². The van der Waals surface area contributed by atoms with Crippen LogP contribution in [0.1, 0.15) is 56.3 Å². The van der Waals surface area contributed by atoms with Gasteiger partial charge in [0.2, 0.25) is 0 Å². The molecule has 1 aliphatic rings. The zero-order valence-electron chi connectivity index (χ0n) is 17.1. The van der Waals surface area contributed by atoms with E-state index in [1.165, 1.54) is 31.4 Å². The number of pyridine rings is 1. The van der Waals surface area contributed by atoms with Gasteiger partial charge in [-0.1, -0.05) is 26.7 Å². The van der Waals surface area contributed by atoms with Gasteiger partial charge >= 0.3 is 0 Å². The maximum absolute atomic E-state index is 12.6. The second kappa shape index (κ2) is 10.1. The molecule has 1 amide bonds. The second-order valence-electron chi connectivity index (χ2n) is 7.73. The first-order chi connectivity index (χ1) is 13.7. The molecule has 5 heteroatoms. The fraction of sp³-hybridized carbons (Fsp3) is 0.478. The third-order valence-electron chi connectivity index (χ3n) is 5.38. The summed E-state index contributed by atoms with van der Waals surface area (Å²) in [5.74, 6) is 1.46. The summed E-state index contributed by atoms with van der Waals surface area (Å²) in [5.41, 5.74) is 2.66. The average molecular weight is 381 g/mol. The summed E-state index contributed by atoms with van der Waals surface area (Å²) < 4.78 is 0. The number of anilines is 3. The van der Waals surface area contributed by atoms with Gasteiger partial charge in [-0.2, -0.15) is 0 Å². The number of carbonyl (C=O) groups excluding carboxylic acids is 1. The largest absolute Gasteiger partial charge is 0.372 e. The maximum Gasteiger partial charge on any atom is 0.255 e. The molecule has 2 heterocycles. The Morgan fingerprint density at radius 3 is 2.61 bits per heavy atom. The summed E-state index contributed by atoms with van der Waals surface area (Å²) in [5, 5.41) is 6.27. The van der Waals surface area contributed by atoms with E-state index >= 15 is 0 Å². The minimum atomic E-state index is -0.112. The van der Waals surface area contributed by atoms with Gasteiger partial charge in [-0.25, -0.2) is 4.98 Å². The quantitative estimate of drug-likeness (QED) is 0.620. The maximum atomic E-state index is 12.6. The molecule has 0 saturated carbocycles. The molecule has 0 radical (unpaired) electrons. The zero-order chi connectivity index (χ0) is 19.8. The molecule has 1 aromatic carbocycles. The van der Waals surface area contributed by atoms with Crippen molar-refractivity contribution in [3.05, 3.63) is 48.2 Å². The van der Waals surface area contributed by atoms with Crippen molar-refractivity contribution in [1.82, 2.24) is 4.98 Å². The van der Waals surface area contributed by atoms with Gasteiger partial charge in [0.25, 0.3) is 5.91 Å². The molecule has 0 unspecified atom stereocenters. The first-order valence-electron chi connectivity index (χ1n) is 10.5. The minimum absolute atomic E-state index is 0.112. The first-order valence-corrected chi connectivity index (χ1v) is 10.5. The van der Waals surface area contributed by atoms with Crippen LogP contribution < -0.4 is 15.5 Å². The van der Waals surface area contributed by atoms with Crippen LogP contribution in [-0.2, 0) is 0 Å². The highest BCUT2D eigenvalue weighted by molar-refractivity contribution is 6.04. The number of unbranched alkanes of at least 4 members (excludes halogenated alkanes) is 2. The van der Waals surface area contributed by atoms with Crippen LogP contribution in [0.3, 0.4) is 0 Å². The van der Waals surface area contributed by atoms with Crippen molar-refractivity contribution < 1.29 is 4.79 Å². The van der Waals surface area contributed by atoms with Crippen LogP contribution in [0.25, 0.3) is 0 Å². The Hall–Kier alpha value is -2.56. The Bertz CT molecular complexity index is 751. The summed E-state index contributed by atoms with van der Waals surface area (Å²) in [6, 6.07) is 11.7. The molecule has 1 aliphatic heterocycles. The van der Waals surface area contributed by atoms with E-state index in [0.29, 0.717) is 5.56 Å². The SMILES string of the molecule is CCCCCNc1cc(C(=O)Nc2ccc(N3CCC(C)CC3)cc2)ccn1. The van der Waals surface area contributed by atoms with Gasteiger partial charge in [0.15, 0.2) is 0 Å². The first kappa shape index (κ1) is 20.2. The Balaban J connectivity index is 1.55. The third-order valence-corrected chi connectivity index (χ3v) is 5.38. The molecule has 150 valence electrons. The van der Waals surface area contributed by atoms with Gasteiger partial charge in [-0.05, 0) is 61.6 Å². The highest BCUT2D eigenvalue weighted by Gasteiger charge is 2.16. The fourth-order valence-electron chi connectivity index (χ4n) is 3.49. The molecule has 28 heavy (non-hydrogen) atoms. The van der Waals surface area contributed by atoms with E-state index in [1.54, 1.807) is 12.3 Å². The molecular formula is C23H32N4O. The number of rotatable bonds is 8. The van der Waals surface area contributed by atoms with E-state index in [9.17, 15) is 4.79 Å². The third kappa shape index (κ3) is 5.72. The van der Waals surface area contributed by atoms with E-state index < -0.39 is 0 Å². The van der Waals surface area contributed by atoms with E-state index in [-0.39, 0.29) is 5.91 Å². The van der Waals surface area contributed by atoms with E-state index in [1.807, 2.05) is 18.2 Å². The lowest BCUT2D eigenvalue weighted by molar-refractivity contribution is 0.102. The molecule has 5 nitrogen and oxygen atoms in total. The number of benzene rings is 1. The van der Waals surface area contributed by atoms with Gasteiger partial charge < -0.3 is 15.5 Å². The molecule has 2 N–H and O–H groups in total. The summed E-state index contributed by atoms with van der Waals surface area (Å²) in [4.78, 5) is 19.3. The number of nitrogens with zero attached hydrogens (tertiary/aromatic N) is 2. The van der Waals surface area contributed by atoms with Crippen LogP contribution in [0, 0.1) is 5.92 Å². The number of piperidine rings is 1. The minimum Gasteiger partial charge on any atom is -0.372 e. The highest BCUT2D eigenvalue weighted by Crippen LogP contribution is 2.24. The van der Waals surface area contributed by atoms with Gasteiger partial charge in [0.05, 0.1) is 0 Å². The Morgan fingerprint density at radius 2 is 1.89 bits per heavy atom.